The van der Waals surface area contributed by atoms with Crippen molar-refractivity contribution in [2.75, 3.05) is 13.1 Å². The third kappa shape index (κ3) is 3.41. The Morgan fingerprint density at radius 1 is 1.55 bits per heavy atom. The topological polar surface area (TPSA) is 79.2 Å². The number of hydrogen-bond donors (Lipinski definition) is 2. The lowest BCUT2D eigenvalue weighted by Crippen LogP contribution is -2.49. The molecular weight excluding hydrogens is 278 g/mol. The molecule has 0 spiro atoms. The van der Waals surface area contributed by atoms with Crippen LogP contribution in [0.15, 0.2) is 17.1 Å². The summed E-state index contributed by atoms with van der Waals surface area (Å²) in [4.78, 5) is 28.2. The van der Waals surface area contributed by atoms with Crippen LogP contribution in [0, 0.1) is 12.8 Å². The van der Waals surface area contributed by atoms with Gasteiger partial charge in [0.2, 0.25) is 5.56 Å². The highest BCUT2D eigenvalue weighted by atomic mass is 35.5. The van der Waals surface area contributed by atoms with Crippen molar-refractivity contribution >= 4 is 18.3 Å². The summed E-state index contributed by atoms with van der Waals surface area (Å²) in [6.45, 7) is 5.20. The maximum atomic E-state index is 12.6. The number of halogens is 1. The number of aryl methyl sites for hydroxylation is 1. The molecule has 1 aliphatic heterocycles. The number of nitrogens with zero attached hydrogens (tertiary/aromatic N) is 1. The zero-order chi connectivity index (χ0) is 14.0. The van der Waals surface area contributed by atoms with Crippen molar-refractivity contribution in [2.45, 2.75) is 32.7 Å². The molecule has 0 bridgehead atoms. The predicted molar refractivity (Wildman–Crippen MR) is 81.3 cm³/mol. The molecule has 0 radical (unpaired) electrons. The van der Waals surface area contributed by atoms with Gasteiger partial charge in [0, 0.05) is 31.4 Å². The van der Waals surface area contributed by atoms with Gasteiger partial charge in [-0.3, -0.25) is 9.59 Å². The number of H-pyrrole nitrogens is 1. The molecule has 3 N–H and O–H groups in total. The first-order valence-corrected chi connectivity index (χ1v) is 6.73. The number of piperidine rings is 1. The second-order valence-corrected chi connectivity index (χ2v) is 5.41. The molecule has 112 valence electrons. The summed E-state index contributed by atoms with van der Waals surface area (Å²) in [6, 6.07) is 1.56. The standard InChI is InChI=1S/C14H21N3O2.ClH/c1-9-3-4-17(11(5-9)7-15)14(19)12-8-16-13(18)6-10(12)2;/h6,8-9,11H,3-5,7,15H2,1-2H3,(H,16,18);1H. The van der Waals surface area contributed by atoms with Gasteiger partial charge in [-0.2, -0.15) is 0 Å². The summed E-state index contributed by atoms with van der Waals surface area (Å²) in [5, 5.41) is 0. The van der Waals surface area contributed by atoms with E-state index < -0.39 is 0 Å². The highest BCUT2D eigenvalue weighted by Crippen LogP contribution is 2.24. The Bertz CT molecular complexity index is 529. The summed E-state index contributed by atoms with van der Waals surface area (Å²) in [5.41, 5.74) is 6.87. The first kappa shape index (κ1) is 16.7. The van der Waals surface area contributed by atoms with Crippen LogP contribution in [-0.4, -0.2) is 34.9 Å². The molecule has 5 nitrogen and oxygen atoms in total. The lowest BCUT2D eigenvalue weighted by atomic mass is 9.91. The summed E-state index contributed by atoms with van der Waals surface area (Å²) in [5.74, 6) is 0.574. The van der Waals surface area contributed by atoms with Crippen LogP contribution in [0.25, 0.3) is 0 Å². The average molecular weight is 300 g/mol. The van der Waals surface area contributed by atoms with E-state index in [1.54, 1.807) is 6.92 Å². The molecule has 2 unspecified atom stereocenters. The van der Waals surface area contributed by atoms with Gasteiger partial charge in [-0.05, 0) is 31.2 Å². The first-order valence-electron chi connectivity index (χ1n) is 6.73. The minimum absolute atomic E-state index is 0. The fourth-order valence-electron chi connectivity index (χ4n) is 2.70. The van der Waals surface area contributed by atoms with Crippen molar-refractivity contribution in [3.05, 3.63) is 33.7 Å². The number of amides is 1. The molecule has 1 aliphatic rings. The summed E-state index contributed by atoms with van der Waals surface area (Å²) < 4.78 is 0. The molecule has 1 aromatic rings. The van der Waals surface area contributed by atoms with Crippen LogP contribution in [0.1, 0.15) is 35.7 Å². The highest BCUT2D eigenvalue weighted by Gasteiger charge is 2.30. The lowest BCUT2D eigenvalue weighted by Gasteiger charge is -2.38. The van der Waals surface area contributed by atoms with E-state index in [0.29, 0.717) is 23.6 Å². The maximum Gasteiger partial charge on any atom is 0.255 e. The van der Waals surface area contributed by atoms with Crippen LogP contribution in [0.2, 0.25) is 0 Å². The first-order chi connectivity index (χ1) is 9.02. The molecule has 0 aliphatic carbocycles. The van der Waals surface area contributed by atoms with E-state index in [9.17, 15) is 9.59 Å². The lowest BCUT2D eigenvalue weighted by molar-refractivity contribution is 0.0572. The molecule has 2 heterocycles. The summed E-state index contributed by atoms with van der Waals surface area (Å²) >= 11 is 0. The van der Waals surface area contributed by atoms with Crippen molar-refractivity contribution in [3.8, 4) is 0 Å². The number of rotatable bonds is 2. The van der Waals surface area contributed by atoms with E-state index in [2.05, 4.69) is 11.9 Å². The molecular formula is C14H22ClN3O2. The molecule has 2 rings (SSSR count). The van der Waals surface area contributed by atoms with Crippen molar-refractivity contribution in [3.63, 3.8) is 0 Å². The molecule has 0 saturated carbocycles. The van der Waals surface area contributed by atoms with Gasteiger partial charge in [-0.15, -0.1) is 12.4 Å². The van der Waals surface area contributed by atoms with Gasteiger partial charge in [-0.1, -0.05) is 6.92 Å². The van der Waals surface area contributed by atoms with Gasteiger partial charge in [0.05, 0.1) is 5.56 Å². The number of likely N-dealkylation sites (tertiary alicyclic amines) is 1. The monoisotopic (exact) mass is 299 g/mol. The van der Waals surface area contributed by atoms with Crippen molar-refractivity contribution < 1.29 is 4.79 Å². The highest BCUT2D eigenvalue weighted by molar-refractivity contribution is 5.95. The summed E-state index contributed by atoms with van der Waals surface area (Å²) in [6.07, 6.45) is 3.46. The smallest absolute Gasteiger partial charge is 0.255 e. The Morgan fingerprint density at radius 2 is 2.25 bits per heavy atom. The Kier molecular flexibility index (Phi) is 5.77. The fraction of sp³-hybridized carbons (Fsp3) is 0.571. The van der Waals surface area contributed by atoms with Gasteiger partial charge in [-0.25, -0.2) is 0 Å². The number of nitrogens with one attached hydrogen (secondary N) is 1. The van der Waals surface area contributed by atoms with Crippen molar-refractivity contribution in [2.24, 2.45) is 11.7 Å². The molecule has 20 heavy (non-hydrogen) atoms. The zero-order valence-electron chi connectivity index (χ0n) is 11.9. The van der Waals surface area contributed by atoms with Gasteiger partial charge in [0.15, 0.2) is 0 Å². The van der Waals surface area contributed by atoms with Crippen LogP contribution in [-0.2, 0) is 0 Å². The SMILES string of the molecule is Cc1cc(=O)[nH]cc1C(=O)N1CCC(C)CC1CN.Cl. The third-order valence-electron chi connectivity index (χ3n) is 3.87. The van der Waals surface area contributed by atoms with Crippen LogP contribution < -0.4 is 11.3 Å². The quantitative estimate of drug-likeness (QED) is 0.864. The largest absolute Gasteiger partial charge is 0.334 e. The molecule has 1 amide bonds. The Balaban J connectivity index is 0.00000200. The number of aromatic nitrogens is 1. The second kappa shape index (κ2) is 6.90. The van der Waals surface area contributed by atoms with E-state index >= 15 is 0 Å². The molecule has 2 atom stereocenters. The van der Waals surface area contributed by atoms with Gasteiger partial charge in [0.25, 0.3) is 5.91 Å². The normalized spacial score (nSPS) is 22.2. The van der Waals surface area contributed by atoms with E-state index in [1.807, 2.05) is 4.90 Å². The Hall–Kier alpha value is -1.33. The molecule has 1 fully saturated rings. The third-order valence-corrected chi connectivity index (χ3v) is 3.87. The van der Waals surface area contributed by atoms with Gasteiger partial charge in [0.1, 0.15) is 0 Å². The van der Waals surface area contributed by atoms with Crippen LogP contribution in [0.3, 0.4) is 0 Å². The second-order valence-electron chi connectivity index (χ2n) is 5.41. The zero-order valence-corrected chi connectivity index (χ0v) is 12.7. The minimum Gasteiger partial charge on any atom is -0.334 e. The number of carbonyl (C=O) groups excluding carboxylic acids is 1. The summed E-state index contributed by atoms with van der Waals surface area (Å²) in [7, 11) is 0. The average Bonchev–Trinajstić information content (AvgIpc) is 2.37. The molecule has 6 heteroatoms. The van der Waals surface area contributed by atoms with Gasteiger partial charge >= 0.3 is 0 Å². The molecule has 1 aromatic heterocycles. The minimum atomic E-state index is -0.184. The van der Waals surface area contributed by atoms with Gasteiger partial charge < -0.3 is 15.6 Å². The van der Waals surface area contributed by atoms with E-state index in [4.69, 9.17) is 5.73 Å². The number of carbonyl (C=O) groups is 1. The van der Waals surface area contributed by atoms with E-state index in [-0.39, 0.29) is 29.9 Å². The van der Waals surface area contributed by atoms with Crippen LogP contribution in [0.4, 0.5) is 0 Å². The fourth-order valence-corrected chi connectivity index (χ4v) is 2.70. The number of pyridine rings is 1. The van der Waals surface area contributed by atoms with E-state index in [1.165, 1.54) is 12.3 Å². The Labute approximate surface area is 125 Å². The Morgan fingerprint density at radius 3 is 2.85 bits per heavy atom. The van der Waals surface area contributed by atoms with Crippen LogP contribution >= 0.6 is 12.4 Å². The van der Waals surface area contributed by atoms with Crippen molar-refractivity contribution in [1.29, 1.82) is 0 Å². The number of hydrogen-bond acceptors (Lipinski definition) is 3. The molecule has 1 saturated heterocycles. The number of aromatic amines is 1. The van der Waals surface area contributed by atoms with E-state index in [0.717, 1.165) is 19.4 Å². The number of nitrogens with two attached hydrogens (primary N) is 1. The molecule has 0 aromatic carbocycles. The predicted octanol–water partition coefficient (Wildman–Crippen LogP) is 1.30. The van der Waals surface area contributed by atoms with Crippen LogP contribution in [0.5, 0.6) is 0 Å². The van der Waals surface area contributed by atoms with Crippen molar-refractivity contribution in [1.82, 2.24) is 9.88 Å². The maximum absolute atomic E-state index is 12.6.